The van der Waals surface area contributed by atoms with Gasteiger partial charge in [-0.15, -0.1) is 0 Å². The molecular formula is C36H38BF4NO. The highest BCUT2D eigenvalue weighted by Crippen LogP contribution is 2.46. The Bertz CT molecular complexity index is 1440. The van der Waals surface area contributed by atoms with E-state index in [1.165, 1.54) is 22.3 Å². The maximum absolute atomic E-state index is 9.75. The minimum absolute atomic E-state index is 0.104. The average Bonchev–Trinajstić information content (AvgIpc) is 3.44. The first kappa shape index (κ1) is 31.8. The molecule has 0 amide bonds. The molecule has 0 aliphatic carbocycles. The molecule has 0 unspecified atom stereocenters. The van der Waals surface area contributed by atoms with Gasteiger partial charge in [-0.05, 0) is 28.8 Å². The van der Waals surface area contributed by atoms with Gasteiger partial charge in [0.15, 0.2) is 6.21 Å². The molecule has 2 aliphatic heterocycles. The van der Waals surface area contributed by atoms with Gasteiger partial charge < -0.3 is 22.0 Å². The van der Waals surface area contributed by atoms with Crippen molar-refractivity contribution in [1.82, 2.24) is 0 Å². The maximum atomic E-state index is 9.75. The van der Waals surface area contributed by atoms with Crippen molar-refractivity contribution in [2.24, 2.45) is 10.8 Å². The molecule has 0 saturated carbocycles. The number of halogens is 4. The zero-order chi connectivity index (χ0) is 31.5. The van der Waals surface area contributed by atoms with Crippen LogP contribution in [0.1, 0.15) is 58.2 Å². The fourth-order valence-electron chi connectivity index (χ4n) is 5.24. The molecule has 0 spiro atoms. The standard InChI is InChI=1S/C36H37NO.BF4/c1-34(2,3)32-22-26(23-33(38-32)35(4,5)6)31-24-30(25-37-31)36(27-16-10-7-11-17-27,28-18-12-8-13-19-28)29-20-14-9-15-21-29;2-1(3,4)5/h7-25H,1-6H3;/q;-1/p+1. The van der Waals surface area contributed by atoms with Crippen LogP contribution in [-0.4, -0.2) is 13.5 Å². The largest absolute Gasteiger partial charge is 0.673 e. The highest BCUT2D eigenvalue weighted by Gasteiger charge is 2.43. The van der Waals surface area contributed by atoms with Gasteiger partial charge in [-0.2, -0.15) is 0 Å². The first-order valence-corrected chi connectivity index (χ1v) is 14.3. The molecule has 7 heteroatoms. The van der Waals surface area contributed by atoms with E-state index >= 15 is 0 Å². The summed E-state index contributed by atoms with van der Waals surface area (Å²) in [6, 6.07) is 32.5. The maximum Gasteiger partial charge on any atom is 0.673 e. The number of allylic oxidation sites excluding steroid dienone is 7. The second-order valence-corrected chi connectivity index (χ2v) is 12.7. The number of rotatable bonds is 4. The average molecular weight is 588 g/mol. The molecule has 0 saturated heterocycles. The summed E-state index contributed by atoms with van der Waals surface area (Å²) in [5, 5.41) is 0. The summed E-state index contributed by atoms with van der Waals surface area (Å²) in [5.41, 5.74) is 6.44. The van der Waals surface area contributed by atoms with Crippen LogP contribution in [-0.2, 0) is 10.2 Å². The molecule has 0 bridgehead atoms. The minimum Gasteiger partial charge on any atom is -0.465 e. The van der Waals surface area contributed by atoms with E-state index in [1.807, 2.05) is 0 Å². The summed E-state index contributed by atoms with van der Waals surface area (Å²) in [4.78, 5) is 3.65. The smallest absolute Gasteiger partial charge is 0.465 e. The molecule has 43 heavy (non-hydrogen) atoms. The van der Waals surface area contributed by atoms with Crippen LogP contribution in [0.2, 0.25) is 0 Å². The number of benzene rings is 3. The Hall–Kier alpha value is -4.13. The number of hydrogen-bond donors (Lipinski definition) is 1. The van der Waals surface area contributed by atoms with Crippen LogP contribution in [0.3, 0.4) is 0 Å². The summed E-state index contributed by atoms with van der Waals surface area (Å²) >= 11 is 0. The summed E-state index contributed by atoms with van der Waals surface area (Å²) in [6.45, 7) is 13.2. The first-order valence-electron chi connectivity index (χ1n) is 14.3. The summed E-state index contributed by atoms with van der Waals surface area (Å²) in [7, 11) is -6.00. The summed E-state index contributed by atoms with van der Waals surface area (Å²) in [5.74, 6) is 1.97. The van der Waals surface area contributed by atoms with Gasteiger partial charge in [0.2, 0.25) is 5.70 Å². The summed E-state index contributed by atoms with van der Waals surface area (Å²) < 4.78 is 45.4. The minimum atomic E-state index is -6.00. The van der Waals surface area contributed by atoms with Crippen molar-refractivity contribution in [1.29, 1.82) is 0 Å². The van der Waals surface area contributed by atoms with E-state index < -0.39 is 12.7 Å². The topological polar surface area (TPSA) is 23.2 Å². The molecule has 224 valence electrons. The molecule has 5 rings (SSSR count). The summed E-state index contributed by atoms with van der Waals surface area (Å²) in [6.07, 6.45) is 8.89. The SMILES string of the molecule is CC(C)(C)C1=CC(=C2C=C(C(c3ccccc3)(c3ccccc3)c3ccccc3)C=[NH+]2)C=C(C(C)(C)C)O1.F[B-](F)(F)F. The van der Waals surface area contributed by atoms with Gasteiger partial charge in [0.25, 0.3) is 0 Å². The third-order valence-corrected chi connectivity index (χ3v) is 7.32. The second-order valence-electron chi connectivity index (χ2n) is 12.7. The Morgan fingerprint density at radius 3 is 1.23 bits per heavy atom. The van der Waals surface area contributed by atoms with Gasteiger partial charge in [0, 0.05) is 22.5 Å². The van der Waals surface area contributed by atoms with Gasteiger partial charge in [0.1, 0.15) is 11.5 Å². The quantitative estimate of drug-likeness (QED) is 0.185. The lowest BCUT2D eigenvalue weighted by atomic mass is 9.65. The van der Waals surface area contributed by atoms with E-state index in [-0.39, 0.29) is 10.8 Å². The van der Waals surface area contributed by atoms with E-state index in [0.717, 1.165) is 22.8 Å². The first-order chi connectivity index (χ1) is 20.1. The normalized spacial score (nSPS) is 15.6. The molecule has 0 aromatic heterocycles. The van der Waals surface area contributed by atoms with Gasteiger partial charge in [-0.3, -0.25) is 0 Å². The van der Waals surface area contributed by atoms with Crippen LogP contribution in [0.5, 0.6) is 0 Å². The zero-order valence-electron chi connectivity index (χ0n) is 25.5. The van der Waals surface area contributed by atoms with Crippen LogP contribution in [0.25, 0.3) is 0 Å². The molecule has 0 radical (unpaired) electrons. The fraction of sp³-hybridized carbons (Fsp3) is 0.250. The van der Waals surface area contributed by atoms with Crippen molar-refractivity contribution >= 4 is 13.5 Å². The van der Waals surface area contributed by atoms with E-state index in [1.54, 1.807) is 0 Å². The lowest BCUT2D eigenvalue weighted by Crippen LogP contribution is -2.64. The molecule has 3 aromatic carbocycles. The van der Waals surface area contributed by atoms with Crippen LogP contribution >= 0.6 is 0 Å². The van der Waals surface area contributed by atoms with Crippen molar-refractivity contribution in [2.75, 3.05) is 0 Å². The van der Waals surface area contributed by atoms with Crippen molar-refractivity contribution in [3.05, 3.63) is 154 Å². The predicted octanol–water partition coefficient (Wildman–Crippen LogP) is 8.56. The van der Waals surface area contributed by atoms with E-state index in [9.17, 15) is 17.3 Å². The molecule has 2 aliphatic rings. The van der Waals surface area contributed by atoms with Gasteiger partial charge in [-0.25, -0.2) is 4.99 Å². The van der Waals surface area contributed by atoms with E-state index in [4.69, 9.17) is 4.74 Å². The van der Waals surface area contributed by atoms with E-state index in [2.05, 4.69) is 162 Å². The molecule has 2 nitrogen and oxygen atoms in total. The zero-order valence-corrected chi connectivity index (χ0v) is 25.5. The number of hydrogen-bond acceptors (Lipinski definition) is 1. The number of nitrogens with one attached hydrogen (secondary N) is 1. The third kappa shape index (κ3) is 7.45. The van der Waals surface area contributed by atoms with Crippen molar-refractivity contribution in [3.8, 4) is 0 Å². The van der Waals surface area contributed by atoms with Crippen molar-refractivity contribution in [3.63, 3.8) is 0 Å². The Kier molecular flexibility index (Phi) is 9.05. The van der Waals surface area contributed by atoms with Gasteiger partial charge in [0.05, 0.1) is 11.0 Å². The third-order valence-electron chi connectivity index (χ3n) is 7.32. The Morgan fingerprint density at radius 1 is 0.558 bits per heavy atom. The van der Waals surface area contributed by atoms with Crippen molar-refractivity contribution < 1.29 is 27.0 Å². The second kappa shape index (κ2) is 12.2. The number of ether oxygens (including phenoxy) is 1. The monoisotopic (exact) mass is 587 g/mol. The van der Waals surface area contributed by atoms with Crippen LogP contribution in [0.4, 0.5) is 17.3 Å². The van der Waals surface area contributed by atoms with Crippen LogP contribution < -0.4 is 4.99 Å². The lowest BCUT2D eigenvalue weighted by molar-refractivity contribution is -0.381. The molecular weight excluding hydrogens is 549 g/mol. The Balaban J connectivity index is 0.000000782. The highest BCUT2D eigenvalue weighted by atomic mass is 19.5. The molecule has 2 heterocycles. The van der Waals surface area contributed by atoms with E-state index in [0.29, 0.717) is 0 Å². The van der Waals surface area contributed by atoms with Crippen LogP contribution in [0, 0.1) is 10.8 Å². The molecule has 1 N–H and O–H groups in total. The van der Waals surface area contributed by atoms with Crippen molar-refractivity contribution in [2.45, 2.75) is 47.0 Å². The van der Waals surface area contributed by atoms with Gasteiger partial charge >= 0.3 is 7.25 Å². The highest BCUT2D eigenvalue weighted by molar-refractivity contribution is 6.50. The molecule has 0 fully saturated rings. The Labute approximate surface area is 252 Å². The van der Waals surface area contributed by atoms with Gasteiger partial charge in [-0.1, -0.05) is 133 Å². The molecule has 3 aromatic rings. The predicted molar refractivity (Wildman–Crippen MR) is 168 cm³/mol. The molecule has 0 atom stereocenters. The lowest BCUT2D eigenvalue weighted by Gasteiger charge is -2.35. The Morgan fingerprint density at radius 2 is 0.907 bits per heavy atom. The van der Waals surface area contributed by atoms with Crippen LogP contribution in [0.15, 0.2) is 138 Å². The fourth-order valence-corrected chi connectivity index (χ4v) is 5.24.